The predicted octanol–water partition coefficient (Wildman–Crippen LogP) is 1.39. The fraction of sp³-hybridized carbons (Fsp3) is 0.917. The van der Waals surface area contributed by atoms with Crippen LogP contribution in [-0.4, -0.2) is 36.5 Å². The second-order valence-corrected chi connectivity index (χ2v) is 4.85. The highest BCUT2D eigenvalue weighted by Crippen LogP contribution is 2.21. The Labute approximate surface area is 92.2 Å². The molecule has 3 nitrogen and oxygen atoms in total. The quantitative estimate of drug-likeness (QED) is 0.747. The molecule has 2 rings (SSSR count). The Morgan fingerprint density at radius 2 is 2.27 bits per heavy atom. The fourth-order valence-electron chi connectivity index (χ4n) is 2.65. The van der Waals surface area contributed by atoms with Gasteiger partial charge in [-0.3, -0.25) is 4.79 Å². The van der Waals surface area contributed by atoms with Crippen LogP contribution in [0.1, 0.15) is 39.0 Å². The molecule has 3 heteroatoms. The molecule has 0 saturated carbocycles. The number of carbonyl (C=O) groups is 1. The molecule has 0 spiro atoms. The molecule has 0 aromatic rings. The number of hydrogen-bond acceptors (Lipinski definition) is 2. The van der Waals surface area contributed by atoms with E-state index in [1.165, 1.54) is 25.7 Å². The van der Waals surface area contributed by atoms with Crippen molar-refractivity contribution in [3.05, 3.63) is 0 Å². The van der Waals surface area contributed by atoms with E-state index in [0.717, 1.165) is 32.0 Å². The van der Waals surface area contributed by atoms with E-state index in [-0.39, 0.29) is 6.04 Å². The van der Waals surface area contributed by atoms with Crippen molar-refractivity contribution in [1.82, 2.24) is 10.2 Å². The van der Waals surface area contributed by atoms with Crippen LogP contribution in [0, 0.1) is 5.92 Å². The van der Waals surface area contributed by atoms with Crippen LogP contribution in [0.4, 0.5) is 0 Å². The molecule has 1 N–H and O–H groups in total. The molecular formula is C12H22N2O. The number of rotatable bonds is 2. The molecule has 0 bridgehead atoms. The van der Waals surface area contributed by atoms with Crippen LogP contribution in [0.5, 0.6) is 0 Å². The lowest BCUT2D eigenvalue weighted by Gasteiger charge is -2.27. The number of nitrogens with zero attached hydrogens (tertiary/aromatic N) is 1. The highest BCUT2D eigenvalue weighted by molar-refractivity contribution is 5.82. The molecule has 2 heterocycles. The number of likely N-dealkylation sites (tertiary alicyclic amines) is 1. The van der Waals surface area contributed by atoms with Crippen LogP contribution in [0.15, 0.2) is 0 Å². The summed E-state index contributed by atoms with van der Waals surface area (Å²) in [6.45, 7) is 5.21. The summed E-state index contributed by atoms with van der Waals surface area (Å²) in [6, 6.07) is 0.120. The minimum Gasteiger partial charge on any atom is -0.341 e. The van der Waals surface area contributed by atoms with Gasteiger partial charge in [0.2, 0.25) is 5.91 Å². The van der Waals surface area contributed by atoms with E-state index >= 15 is 0 Å². The van der Waals surface area contributed by atoms with E-state index < -0.39 is 0 Å². The Morgan fingerprint density at radius 3 is 2.87 bits per heavy atom. The molecular weight excluding hydrogens is 188 g/mol. The normalized spacial score (nSPS) is 31.9. The van der Waals surface area contributed by atoms with Gasteiger partial charge < -0.3 is 10.2 Å². The van der Waals surface area contributed by atoms with Crippen LogP contribution in [0.2, 0.25) is 0 Å². The van der Waals surface area contributed by atoms with Gasteiger partial charge in [-0.1, -0.05) is 19.8 Å². The highest BCUT2D eigenvalue weighted by atomic mass is 16.2. The van der Waals surface area contributed by atoms with E-state index in [9.17, 15) is 4.79 Å². The van der Waals surface area contributed by atoms with Gasteiger partial charge in [0.15, 0.2) is 0 Å². The molecule has 0 aromatic carbocycles. The molecule has 0 aliphatic carbocycles. The third-order valence-corrected chi connectivity index (χ3v) is 3.78. The summed E-state index contributed by atoms with van der Waals surface area (Å²) in [5, 5.41) is 3.34. The van der Waals surface area contributed by atoms with Gasteiger partial charge in [-0.15, -0.1) is 0 Å². The fourth-order valence-corrected chi connectivity index (χ4v) is 2.65. The van der Waals surface area contributed by atoms with Crippen LogP contribution >= 0.6 is 0 Å². The molecule has 15 heavy (non-hydrogen) atoms. The van der Waals surface area contributed by atoms with Gasteiger partial charge in [-0.2, -0.15) is 0 Å². The van der Waals surface area contributed by atoms with E-state index in [1.807, 2.05) is 0 Å². The average molecular weight is 210 g/mol. The Hall–Kier alpha value is -0.570. The summed E-state index contributed by atoms with van der Waals surface area (Å²) < 4.78 is 0. The number of piperidine rings is 1. The Morgan fingerprint density at radius 1 is 1.40 bits per heavy atom. The third-order valence-electron chi connectivity index (χ3n) is 3.78. The van der Waals surface area contributed by atoms with Crippen molar-refractivity contribution in [2.24, 2.45) is 5.92 Å². The van der Waals surface area contributed by atoms with Gasteiger partial charge >= 0.3 is 0 Å². The van der Waals surface area contributed by atoms with Gasteiger partial charge in [-0.05, 0) is 31.7 Å². The summed E-state index contributed by atoms with van der Waals surface area (Å²) in [7, 11) is 0. The molecule has 0 aromatic heterocycles. The first-order valence-electron chi connectivity index (χ1n) is 6.33. The summed E-state index contributed by atoms with van der Waals surface area (Å²) in [6.07, 6.45) is 5.87. The van der Waals surface area contributed by atoms with E-state index in [2.05, 4.69) is 17.1 Å². The van der Waals surface area contributed by atoms with Gasteiger partial charge in [0, 0.05) is 13.1 Å². The third kappa shape index (κ3) is 2.51. The highest BCUT2D eigenvalue weighted by Gasteiger charge is 2.30. The zero-order valence-corrected chi connectivity index (χ0v) is 9.67. The topological polar surface area (TPSA) is 32.3 Å². The second kappa shape index (κ2) is 4.97. The monoisotopic (exact) mass is 210 g/mol. The number of hydrogen-bond donors (Lipinski definition) is 1. The maximum Gasteiger partial charge on any atom is 0.239 e. The zero-order valence-electron chi connectivity index (χ0n) is 9.67. The maximum atomic E-state index is 12.1. The SMILES string of the molecule is CCC1CCN(C(=O)[C@@H]2CCCCN2)C1. The van der Waals surface area contributed by atoms with Crippen molar-refractivity contribution < 1.29 is 4.79 Å². The minimum absolute atomic E-state index is 0.120. The van der Waals surface area contributed by atoms with Crippen molar-refractivity contribution in [2.45, 2.75) is 45.1 Å². The molecule has 2 aliphatic rings. The van der Waals surface area contributed by atoms with Gasteiger partial charge in [0.1, 0.15) is 0 Å². The number of amides is 1. The standard InChI is InChI=1S/C12H22N2O/c1-2-10-6-8-14(9-10)12(15)11-5-3-4-7-13-11/h10-11,13H,2-9H2,1H3/t10?,11-/m0/s1. The van der Waals surface area contributed by atoms with Crippen molar-refractivity contribution in [1.29, 1.82) is 0 Å². The van der Waals surface area contributed by atoms with Crippen LogP contribution in [0.3, 0.4) is 0 Å². The summed E-state index contributed by atoms with van der Waals surface area (Å²) in [4.78, 5) is 14.2. The zero-order chi connectivity index (χ0) is 10.7. The van der Waals surface area contributed by atoms with E-state index in [1.54, 1.807) is 0 Å². The smallest absolute Gasteiger partial charge is 0.239 e. The Balaban J connectivity index is 1.85. The van der Waals surface area contributed by atoms with Crippen LogP contribution in [0.25, 0.3) is 0 Å². The Kier molecular flexibility index (Phi) is 3.62. The van der Waals surface area contributed by atoms with Crippen molar-refractivity contribution in [3.8, 4) is 0 Å². The van der Waals surface area contributed by atoms with E-state index in [4.69, 9.17) is 0 Å². The van der Waals surface area contributed by atoms with Crippen LogP contribution < -0.4 is 5.32 Å². The van der Waals surface area contributed by atoms with Crippen molar-refractivity contribution >= 4 is 5.91 Å². The largest absolute Gasteiger partial charge is 0.341 e. The van der Waals surface area contributed by atoms with Gasteiger partial charge in [0.25, 0.3) is 0 Å². The summed E-state index contributed by atoms with van der Waals surface area (Å²) >= 11 is 0. The lowest BCUT2D eigenvalue weighted by molar-refractivity contribution is -0.133. The minimum atomic E-state index is 0.120. The van der Waals surface area contributed by atoms with Crippen molar-refractivity contribution in [2.75, 3.05) is 19.6 Å². The van der Waals surface area contributed by atoms with E-state index in [0.29, 0.717) is 5.91 Å². The molecule has 1 unspecified atom stereocenters. The molecule has 86 valence electrons. The average Bonchev–Trinajstić information content (AvgIpc) is 2.78. The van der Waals surface area contributed by atoms with Crippen molar-refractivity contribution in [3.63, 3.8) is 0 Å². The first-order valence-corrected chi connectivity index (χ1v) is 6.33. The molecule has 2 aliphatic heterocycles. The first kappa shape index (κ1) is 10.9. The Bertz CT molecular complexity index is 224. The lowest BCUT2D eigenvalue weighted by atomic mass is 10.0. The summed E-state index contributed by atoms with van der Waals surface area (Å²) in [5.74, 6) is 1.10. The predicted molar refractivity (Wildman–Crippen MR) is 60.6 cm³/mol. The second-order valence-electron chi connectivity index (χ2n) is 4.85. The van der Waals surface area contributed by atoms with Gasteiger partial charge in [0.05, 0.1) is 6.04 Å². The number of carbonyl (C=O) groups excluding carboxylic acids is 1. The molecule has 0 radical (unpaired) electrons. The lowest BCUT2D eigenvalue weighted by Crippen LogP contribution is -2.47. The summed E-state index contributed by atoms with van der Waals surface area (Å²) in [5.41, 5.74) is 0. The molecule has 2 atom stereocenters. The first-order chi connectivity index (χ1) is 7.31. The maximum absolute atomic E-state index is 12.1. The molecule has 2 saturated heterocycles. The molecule has 2 fully saturated rings. The number of nitrogens with one attached hydrogen (secondary N) is 1. The van der Waals surface area contributed by atoms with Gasteiger partial charge in [-0.25, -0.2) is 0 Å². The molecule has 1 amide bonds. The van der Waals surface area contributed by atoms with Crippen LogP contribution in [-0.2, 0) is 4.79 Å².